The van der Waals surface area contributed by atoms with E-state index in [0.717, 1.165) is 23.3 Å². The summed E-state index contributed by atoms with van der Waals surface area (Å²) < 4.78 is 17.1. The number of benzene rings is 3. The molecule has 1 unspecified atom stereocenters. The minimum atomic E-state index is -0.883. The summed E-state index contributed by atoms with van der Waals surface area (Å²) in [6, 6.07) is 17.3. The number of Topliss-reactive ketones (excluding diaryl/α,β-unsaturated/α-hetero) is 1. The maximum Gasteiger partial charge on any atom is 0.300 e. The maximum atomic E-state index is 13.6. The molecule has 40 heavy (non-hydrogen) atoms. The highest BCUT2D eigenvalue weighted by Crippen LogP contribution is 2.44. The van der Waals surface area contributed by atoms with Crippen molar-refractivity contribution in [2.24, 2.45) is 0 Å². The smallest absolute Gasteiger partial charge is 0.300 e. The average molecular weight is 544 g/mol. The van der Waals surface area contributed by atoms with Crippen LogP contribution in [0, 0.1) is 0 Å². The van der Waals surface area contributed by atoms with Gasteiger partial charge in [-0.15, -0.1) is 0 Å². The lowest BCUT2D eigenvalue weighted by Gasteiger charge is -2.26. The molecule has 1 saturated heterocycles. The van der Waals surface area contributed by atoms with Gasteiger partial charge in [0.1, 0.15) is 11.5 Å². The van der Waals surface area contributed by atoms with Gasteiger partial charge in [0.2, 0.25) is 0 Å². The Labute approximate surface area is 236 Å². The highest BCUT2D eigenvalue weighted by Gasteiger charge is 2.47. The molecule has 0 aliphatic carbocycles. The summed E-state index contributed by atoms with van der Waals surface area (Å²) in [7, 11) is 1.55. The number of amides is 1. The zero-order valence-corrected chi connectivity index (χ0v) is 24.0. The third-order valence-corrected chi connectivity index (χ3v) is 7.08. The van der Waals surface area contributed by atoms with Gasteiger partial charge < -0.3 is 19.3 Å². The molecule has 3 aromatic rings. The topological polar surface area (TPSA) is 85.3 Å². The second-order valence-corrected chi connectivity index (χ2v) is 9.87. The molecule has 1 atom stereocenters. The van der Waals surface area contributed by atoms with E-state index in [4.69, 9.17) is 14.2 Å². The zero-order valence-electron chi connectivity index (χ0n) is 24.0. The first-order chi connectivity index (χ1) is 19.2. The van der Waals surface area contributed by atoms with Crippen LogP contribution in [0.2, 0.25) is 0 Å². The van der Waals surface area contributed by atoms with E-state index in [9.17, 15) is 14.7 Å². The molecule has 1 N–H and O–H groups in total. The molecule has 1 aliphatic heterocycles. The lowest BCUT2D eigenvalue weighted by atomic mass is 9.93. The van der Waals surface area contributed by atoms with E-state index in [1.54, 1.807) is 37.4 Å². The number of methoxy groups -OCH3 is 1. The highest BCUT2D eigenvalue weighted by atomic mass is 16.5. The van der Waals surface area contributed by atoms with E-state index < -0.39 is 17.7 Å². The molecule has 0 aromatic heterocycles. The predicted octanol–water partition coefficient (Wildman–Crippen LogP) is 6.80. The van der Waals surface area contributed by atoms with E-state index in [-0.39, 0.29) is 17.3 Å². The minimum absolute atomic E-state index is 0.0102. The lowest BCUT2D eigenvalue weighted by Crippen LogP contribution is -2.29. The van der Waals surface area contributed by atoms with Crippen LogP contribution in [0.5, 0.6) is 17.2 Å². The molecule has 1 fully saturated rings. The van der Waals surface area contributed by atoms with E-state index >= 15 is 0 Å². The van der Waals surface area contributed by atoms with E-state index in [2.05, 4.69) is 6.92 Å². The second-order valence-electron chi connectivity index (χ2n) is 9.87. The Balaban J connectivity index is 1.95. The fraction of sp³-hybridized carbons (Fsp3) is 0.333. The van der Waals surface area contributed by atoms with Gasteiger partial charge in [-0.1, -0.05) is 39.0 Å². The Morgan fingerprint density at radius 2 is 1.52 bits per heavy atom. The highest BCUT2D eigenvalue weighted by molar-refractivity contribution is 6.51. The molecule has 7 nitrogen and oxygen atoms in total. The first kappa shape index (κ1) is 28.7. The van der Waals surface area contributed by atoms with Crippen LogP contribution in [0.25, 0.3) is 5.76 Å². The van der Waals surface area contributed by atoms with Crippen molar-refractivity contribution in [3.63, 3.8) is 0 Å². The molecule has 1 amide bonds. The number of aliphatic hydroxyl groups is 1. The SMILES string of the molecule is CCOc1cc(C2/C(=C(\O)c3ccc(OCC)c(C(C)C)c3)C(=O)C(=O)N2c2ccc(CC)cc2)ccc1OC. The summed E-state index contributed by atoms with van der Waals surface area (Å²) in [5.74, 6) is 0.143. The number of hydrogen-bond donors (Lipinski definition) is 1. The fourth-order valence-electron chi connectivity index (χ4n) is 5.03. The fourth-order valence-corrected chi connectivity index (χ4v) is 5.03. The van der Waals surface area contributed by atoms with Gasteiger partial charge in [0, 0.05) is 11.3 Å². The maximum absolute atomic E-state index is 13.6. The predicted molar refractivity (Wildman–Crippen MR) is 156 cm³/mol. The van der Waals surface area contributed by atoms with Crippen molar-refractivity contribution in [1.29, 1.82) is 0 Å². The molecule has 4 rings (SSSR count). The van der Waals surface area contributed by atoms with Crippen molar-refractivity contribution < 1.29 is 28.9 Å². The summed E-state index contributed by atoms with van der Waals surface area (Å²) >= 11 is 0. The van der Waals surface area contributed by atoms with Crippen molar-refractivity contribution >= 4 is 23.1 Å². The summed E-state index contributed by atoms with van der Waals surface area (Å²) in [6.45, 7) is 10.8. The molecule has 210 valence electrons. The van der Waals surface area contributed by atoms with Crippen LogP contribution in [0.15, 0.2) is 66.2 Å². The Morgan fingerprint density at radius 1 is 0.875 bits per heavy atom. The molecule has 3 aromatic carbocycles. The Morgan fingerprint density at radius 3 is 2.12 bits per heavy atom. The van der Waals surface area contributed by atoms with Gasteiger partial charge in [0.25, 0.3) is 11.7 Å². The molecule has 0 bridgehead atoms. The van der Waals surface area contributed by atoms with Crippen LogP contribution in [-0.4, -0.2) is 37.1 Å². The number of carbonyl (C=O) groups is 2. The first-order valence-electron chi connectivity index (χ1n) is 13.7. The van der Waals surface area contributed by atoms with E-state index in [1.165, 1.54) is 4.90 Å². The largest absolute Gasteiger partial charge is 0.507 e. The molecule has 0 radical (unpaired) electrons. The van der Waals surface area contributed by atoms with E-state index in [1.807, 2.05) is 58.0 Å². The number of ketones is 1. The molecule has 0 saturated carbocycles. The number of rotatable bonds is 10. The van der Waals surface area contributed by atoms with Gasteiger partial charge in [-0.3, -0.25) is 14.5 Å². The van der Waals surface area contributed by atoms with Gasteiger partial charge in [0.05, 0.1) is 31.9 Å². The monoisotopic (exact) mass is 543 g/mol. The normalized spacial score (nSPS) is 16.5. The Hall–Kier alpha value is -4.26. The van der Waals surface area contributed by atoms with Crippen LogP contribution in [0.1, 0.15) is 68.8 Å². The van der Waals surface area contributed by atoms with Crippen LogP contribution in [0.3, 0.4) is 0 Å². The van der Waals surface area contributed by atoms with Gasteiger partial charge in [-0.2, -0.15) is 0 Å². The van der Waals surface area contributed by atoms with Gasteiger partial charge in [-0.05, 0) is 85.3 Å². The third-order valence-electron chi connectivity index (χ3n) is 7.08. The number of anilines is 1. The van der Waals surface area contributed by atoms with Crippen molar-refractivity contribution in [3.05, 3.63) is 88.5 Å². The average Bonchev–Trinajstić information content (AvgIpc) is 3.23. The third kappa shape index (κ3) is 5.41. The quantitative estimate of drug-likeness (QED) is 0.172. The molecule has 7 heteroatoms. The Kier molecular flexibility index (Phi) is 8.83. The molecule has 1 aliphatic rings. The first-order valence-corrected chi connectivity index (χ1v) is 13.7. The van der Waals surface area contributed by atoms with Gasteiger partial charge in [-0.25, -0.2) is 0 Å². The van der Waals surface area contributed by atoms with E-state index in [0.29, 0.717) is 41.5 Å². The van der Waals surface area contributed by atoms with Crippen molar-refractivity contribution in [1.82, 2.24) is 0 Å². The number of carbonyl (C=O) groups excluding carboxylic acids is 2. The summed E-state index contributed by atoms with van der Waals surface area (Å²) in [4.78, 5) is 28.7. The zero-order chi connectivity index (χ0) is 29.0. The van der Waals surface area contributed by atoms with Crippen molar-refractivity contribution in [2.45, 2.75) is 53.0 Å². The summed E-state index contributed by atoms with van der Waals surface area (Å²) in [5.41, 5.74) is 3.63. The molecular weight excluding hydrogens is 506 g/mol. The van der Waals surface area contributed by atoms with Gasteiger partial charge in [0.15, 0.2) is 11.5 Å². The second kappa shape index (κ2) is 12.3. The van der Waals surface area contributed by atoms with Crippen LogP contribution < -0.4 is 19.1 Å². The summed E-state index contributed by atoms with van der Waals surface area (Å²) in [5, 5.41) is 11.7. The van der Waals surface area contributed by atoms with Crippen LogP contribution in [-0.2, 0) is 16.0 Å². The van der Waals surface area contributed by atoms with Crippen LogP contribution in [0.4, 0.5) is 5.69 Å². The molecule has 1 heterocycles. The lowest BCUT2D eigenvalue weighted by molar-refractivity contribution is -0.132. The summed E-state index contributed by atoms with van der Waals surface area (Å²) in [6.07, 6.45) is 0.842. The molecule has 0 spiro atoms. The Bertz CT molecular complexity index is 1420. The number of aryl methyl sites for hydroxylation is 1. The minimum Gasteiger partial charge on any atom is -0.507 e. The standard InChI is InChI=1S/C33H37NO6/c1-7-21-10-14-24(15-11-21)34-30(22-12-17-27(38-6)28(19-22)40-9-3)29(32(36)33(34)37)31(35)23-13-16-26(39-8-2)25(18-23)20(4)5/h10-20,30,35H,7-9H2,1-6H3/b31-29+. The van der Waals surface area contributed by atoms with Crippen molar-refractivity contribution in [2.75, 3.05) is 25.2 Å². The number of ether oxygens (including phenoxy) is 3. The number of hydrogen-bond acceptors (Lipinski definition) is 6. The van der Waals surface area contributed by atoms with Crippen LogP contribution >= 0.6 is 0 Å². The number of nitrogens with zero attached hydrogens (tertiary/aromatic N) is 1. The van der Waals surface area contributed by atoms with Crippen molar-refractivity contribution in [3.8, 4) is 17.2 Å². The number of aliphatic hydroxyl groups excluding tert-OH is 1. The van der Waals surface area contributed by atoms with Gasteiger partial charge >= 0.3 is 0 Å². The molecular formula is C33H37NO6.